The molecule has 3 fully saturated rings. The van der Waals surface area contributed by atoms with Gasteiger partial charge in [0.1, 0.15) is 6.61 Å². The minimum absolute atomic E-state index is 0.219. The maximum absolute atomic E-state index is 12.4. The van der Waals surface area contributed by atoms with E-state index >= 15 is 0 Å². The first-order valence-electron chi connectivity index (χ1n) is 8.41. The van der Waals surface area contributed by atoms with Crippen molar-refractivity contribution in [2.75, 3.05) is 32.8 Å². The summed E-state index contributed by atoms with van der Waals surface area (Å²) in [5.41, 5.74) is 0. The topological polar surface area (TPSA) is 32.8 Å². The van der Waals surface area contributed by atoms with Gasteiger partial charge in [0.15, 0.2) is 0 Å². The van der Waals surface area contributed by atoms with E-state index < -0.39 is 0 Å². The van der Waals surface area contributed by atoms with Gasteiger partial charge in [0.05, 0.1) is 6.61 Å². The lowest BCUT2D eigenvalue weighted by molar-refractivity contribution is -0.138. The van der Waals surface area contributed by atoms with E-state index in [2.05, 4.69) is 16.7 Å². The SMILES string of the molecule is CCN1CCC[C@@H]1[C@H]1CCCN1C(=O)COCC1CC1. The molecular formula is C16H28N2O2. The van der Waals surface area contributed by atoms with Gasteiger partial charge in [-0.3, -0.25) is 9.69 Å². The van der Waals surface area contributed by atoms with E-state index in [0.717, 1.165) is 32.0 Å². The molecule has 1 aliphatic carbocycles. The van der Waals surface area contributed by atoms with Crippen molar-refractivity contribution in [2.24, 2.45) is 5.92 Å². The number of hydrogen-bond acceptors (Lipinski definition) is 3. The van der Waals surface area contributed by atoms with Gasteiger partial charge in [-0.15, -0.1) is 0 Å². The van der Waals surface area contributed by atoms with Crippen molar-refractivity contribution >= 4 is 5.91 Å². The number of amides is 1. The lowest BCUT2D eigenvalue weighted by Crippen LogP contribution is -2.49. The Hall–Kier alpha value is -0.610. The predicted octanol–water partition coefficient (Wildman–Crippen LogP) is 1.89. The van der Waals surface area contributed by atoms with Gasteiger partial charge in [-0.2, -0.15) is 0 Å². The maximum Gasteiger partial charge on any atom is 0.248 e. The number of carbonyl (C=O) groups excluding carboxylic acids is 1. The van der Waals surface area contributed by atoms with E-state index in [1.807, 2.05) is 0 Å². The maximum atomic E-state index is 12.4. The molecule has 1 amide bonds. The summed E-state index contributed by atoms with van der Waals surface area (Å²) in [4.78, 5) is 17.1. The molecule has 114 valence electrons. The van der Waals surface area contributed by atoms with Crippen molar-refractivity contribution in [3.05, 3.63) is 0 Å². The first kappa shape index (κ1) is 14.3. The average Bonchev–Trinajstić information content (AvgIpc) is 2.98. The van der Waals surface area contributed by atoms with Gasteiger partial charge >= 0.3 is 0 Å². The molecule has 4 nitrogen and oxygen atoms in total. The van der Waals surface area contributed by atoms with E-state index in [1.54, 1.807) is 0 Å². The van der Waals surface area contributed by atoms with Crippen molar-refractivity contribution in [2.45, 2.75) is 57.5 Å². The Kier molecular flexibility index (Phi) is 4.61. The summed E-state index contributed by atoms with van der Waals surface area (Å²) in [5, 5.41) is 0. The molecule has 0 N–H and O–H groups in total. The molecule has 0 aromatic rings. The Balaban J connectivity index is 1.52. The van der Waals surface area contributed by atoms with Crippen LogP contribution in [0.25, 0.3) is 0 Å². The Morgan fingerprint density at radius 3 is 2.60 bits per heavy atom. The minimum atomic E-state index is 0.219. The molecule has 2 aliphatic heterocycles. The highest BCUT2D eigenvalue weighted by Gasteiger charge is 2.39. The average molecular weight is 280 g/mol. The third-order valence-corrected chi connectivity index (χ3v) is 5.16. The molecule has 0 bridgehead atoms. The molecule has 2 heterocycles. The third-order valence-electron chi connectivity index (χ3n) is 5.16. The van der Waals surface area contributed by atoms with Gasteiger partial charge in [-0.05, 0) is 57.5 Å². The fourth-order valence-corrected chi connectivity index (χ4v) is 3.86. The number of nitrogens with zero attached hydrogens (tertiary/aromatic N) is 2. The fourth-order valence-electron chi connectivity index (χ4n) is 3.86. The molecule has 0 spiro atoms. The lowest BCUT2D eigenvalue weighted by Gasteiger charge is -2.34. The molecule has 1 saturated carbocycles. The van der Waals surface area contributed by atoms with Gasteiger partial charge in [0.25, 0.3) is 0 Å². The van der Waals surface area contributed by atoms with Crippen LogP contribution in [0.3, 0.4) is 0 Å². The van der Waals surface area contributed by atoms with Crippen molar-refractivity contribution in [1.82, 2.24) is 9.80 Å². The number of likely N-dealkylation sites (N-methyl/N-ethyl adjacent to an activating group) is 1. The molecule has 20 heavy (non-hydrogen) atoms. The second-order valence-corrected chi connectivity index (χ2v) is 6.59. The Morgan fingerprint density at radius 2 is 1.85 bits per heavy atom. The van der Waals surface area contributed by atoms with E-state index in [4.69, 9.17) is 4.74 Å². The normalized spacial score (nSPS) is 31.1. The summed E-state index contributed by atoms with van der Waals surface area (Å²) >= 11 is 0. The Bertz CT molecular complexity index is 343. The number of hydrogen-bond donors (Lipinski definition) is 0. The summed E-state index contributed by atoms with van der Waals surface area (Å²) in [6.07, 6.45) is 7.45. The summed E-state index contributed by atoms with van der Waals surface area (Å²) in [6, 6.07) is 1.03. The van der Waals surface area contributed by atoms with Crippen LogP contribution in [0.5, 0.6) is 0 Å². The molecule has 0 aromatic carbocycles. The van der Waals surface area contributed by atoms with Crippen LogP contribution in [0, 0.1) is 5.92 Å². The van der Waals surface area contributed by atoms with Crippen LogP contribution in [-0.4, -0.2) is 60.6 Å². The van der Waals surface area contributed by atoms with E-state index in [9.17, 15) is 4.79 Å². The predicted molar refractivity (Wildman–Crippen MR) is 78.5 cm³/mol. The molecule has 4 heteroatoms. The number of ether oxygens (including phenoxy) is 1. The van der Waals surface area contributed by atoms with Crippen LogP contribution in [-0.2, 0) is 9.53 Å². The Labute approximate surface area is 122 Å². The zero-order chi connectivity index (χ0) is 13.9. The van der Waals surface area contributed by atoms with Gasteiger partial charge in [-0.1, -0.05) is 6.92 Å². The van der Waals surface area contributed by atoms with Crippen LogP contribution in [0.2, 0.25) is 0 Å². The van der Waals surface area contributed by atoms with Crippen LogP contribution < -0.4 is 0 Å². The molecule has 2 saturated heterocycles. The number of likely N-dealkylation sites (tertiary alicyclic amines) is 2. The van der Waals surface area contributed by atoms with Crippen molar-refractivity contribution in [3.63, 3.8) is 0 Å². The van der Waals surface area contributed by atoms with E-state index in [1.165, 1.54) is 38.6 Å². The quantitative estimate of drug-likeness (QED) is 0.745. The van der Waals surface area contributed by atoms with Crippen LogP contribution in [0.4, 0.5) is 0 Å². The van der Waals surface area contributed by atoms with Gasteiger partial charge in [-0.25, -0.2) is 0 Å². The lowest BCUT2D eigenvalue weighted by atomic mass is 10.0. The molecule has 2 atom stereocenters. The second-order valence-electron chi connectivity index (χ2n) is 6.59. The summed E-state index contributed by atoms with van der Waals surface area (Å²) in [6.45, 7) is 6.57. The van der Waals surface area contributed by atoms with Gasteiger partial charge in [0, 0.05) is 18.6 Å². The first-order valence-corrected chi connectivity index (χ1v) is 8.41. The Morgan fingerprint density at radius 1 is 1.10 bits per heavy atom. The number of rotatable bonds is 6. The van der Waals surface area contributed by atoms with Gasteiger partial charge < -0.3 is 9.64 Å². The zero-order valence-corrected chi connectivity index (χ0v) is 12.7. The molecular weight excluding hydrogens is 252 g/mol. The fraction of sp³-hybridized carbons (Fsp3) is 0.938. The third kappa shape index (κ3) is 3.17. The summed E-state index contributed by atoms with van der Waals surface area (Å²) in [5.74, 6) is 0.957. The van der Waals surface area contributed by atoms with Crippen molar-refractivity contribution in [3.8, 4) is 0 Å². The molecule has 0 unspecified atom stereocenters. The molecule has 3 aliphatic rings. The molecule has 3 rings (SSSR count). The highest BCUT2D eigenvalue weighted by Crippen LogP contribution is 2.30. The van der Waals surface area contributed by atoms with E-state index in [0.29, 0.717) is 18.7 Å². The van der Waals surface area contributed by atoms with Crippen LogP contribution in [0.1, 0.15) is 45.4 Å². The highest BCUT2D eigenvalue weighted by atomic mass is 16.5. The minimum Gasteiger partial charge on any atom is -0.371 e. The monoisotopic (exact) mass is 280 g/mol. The summed E-state index contributed by atoms with van der Waals surface area (Å²) < 4.78 is 5.59. The zero-order valence-electron chi connectivity index (χ0n) is 12.7. The van der Waals surface area contributed by atoms with Crippen molar-refractivity contribution in [1.29, 1.82) is 0 Å². The summed E-state index contributed by atoms with van der Waals surface area (Å²) in [7, 11) is 0. The van der Waals surface area contributed by atoms with Crippen molar-refractivity contribution < 1.29 is 9.53 Å². The number of carbonyl (C=O) groups is 1. The largest absolute Gasteiger partial charge is 0.371 e. The van der Waals surface area contributed by atoms with Gasteiger partial charge in [0.2, 0.25) is 5.91 Å². The smallest absolute Gasteiger partial charge is 0.248 e. The molecule has 0 radical (unpaired) electrons. The van der Waals surface area contributed by atoms with Crippen LogP contribution >= 0.6 is 0 Å². The first-order chi connectivity index (χ1) is 9.79. The van der Waals surface area contributed by atoms with E-state index in [-0.39, 0.29) is 5.91 Å². The molecule has 0 aromatic heterocycles. The second kappa shape index (κ2) is 6.44. The highest BCUT2D eigenvalue weighted by molar-refractivity contribution is 5.78. The standard InChI is InChI=1S/C16H28N2O2/c1-2-17-9-3-5-14(17)15-6-4-10-18(15)16(19)12-20-11-13-7-8-13/h13-15H,2-12H2,1H3/t14-,15-/m1/s1. The van der Waals surface area contributed by atoms with Crippen LogP contribution in [0.15, 0.2) is 0 Å².